The van der Waals surface area contributed by atoms with Crippen molar-refractivity contribution in [2.75, 3.05) is 13.7 Å². The third-order valence-electron chi connectivity index (χ3n) is 4.43. The molecular formula is C21H16F6N2O3S2. The molecule has 0 heterocycles. The Kier molecular flexibility index (Phi) is 8.54. The standard InChI is InChI=1S/C21H16F6N2O3S2/c1-19(11-28,12-32-18(31)14-5-9-16(10-6-14)34-21(25,26)27)29(2)17(30)13-3-7-15(8-4-13)33-20(22,23)24/h3-10H,12H2,1-2H3. The molecule has 0 N–H and O–H groups in total. The van der Waals surface area contributed by atoms with Crippen LogP contribution in [0.1, 0.15) is 27.6 Å². The molecule has 0 saturated heterocycles. The summed E-state index contributed by atoms with van der Waals surface area (Å²) in [6.45, 7) is 0.751. The number of alkyl halides is 6. The van der Waals surface area contributed by atoms with E-state index < -0.39 is 35.0 Å². The van der Waals surface area contributed by atoms with E-state index in [4.69, 9.17) is 4.74 Å². The van der Waals surface area contributed by atoms with Crippen molar-refractivity contribution in [3.05, 3.63) is 59.7 Å². The monoisotopic (exact) mass is 522 g/mol. The molecule has 0 fully saturated rings. The van der Waals surface area contributed by atoms with Crippen molar-refractivity contribution in [1.29, 1.82) is 5.26 Å². The highest BCUT2D eigenvalue weighted by atomic mass is 32.2. The quantitative estimate of drug-likeness (QED) is 0.248. The summed E-state index contributed by atoms with van der Waals surface area (Å²) in [6, 6.07) is 10.9. The fourth-order valence-corrected chi connectivity index (χ4v) is 3.58. The van der Waals surface area contributed by atoms with Crippen molar-refractivity contribution >= 4 is 35.4 Å². The lowest BCUT2D eigenvalue weighted by molar-refractivity contribution is -0.0337. The van der Waals surface area contributed by atoms with Crippen molar-refractivity contribution in [2.24, 2.45) is 0 Å². The van der Waals surface area contributed by atoms with Gasteiger partial charge in [0.2, 0.25) is 0 Å². The van der Waals surface area contributed by atoms with Crippen molar-refractivity contribution < 1.29 is 40.7 Å². The van der Waals surface area contributed by atoms with Gasteiger partial charge < -0.3 is 9.64 Å². The summed E-state index contributed by atoms with van der Waals surface area (Å²) in [5, 5.41) is 9.58. The predicted molar refractivity (Wildman–Crippen MR) is 113 cm³/mol. The van der Waals surface area contributed by atoms with Gasteiger partial charge in [-0.1, -0.05) is 0 Å². The second kappa shape index (κ2) is 10.6. The summed E-state index contributed by atoms with van der Waals surface area (Å²) in [7, 11) is 1.26. The molecule has 0 aliphatic rings. The third kappa shape index (κ3) is 7.88. The van der Waals surface area contributed by atoms with Crippen LogP contribution in [0.25, 0.3) is 0 Å². The minimum absolute atomic E-state index is 0.0135. The van der Waals surface area contributed by atoms with Gasteiger partial charge in [-0.2, -0.15) is 31.6 Å². The molecule has 5 nitrogen and oxygen atoms in total. The summed E-state index contributed by atoms with van der Waals surface area (Å²) >= 11 is -0.685. The number of hydrogen-bond acceptors (Lipinski definition) is 6. The highest BCUT2D eigenvalue weighted by Gasteiger charge is 2.36. The van der Waals surface area contributed by atoms with Crippen LogP contribution in [0.4, 0.5) is 26.3 Å². The van der Waals surface area contributed by atoms with Gasteiger partial charge in [0.05, 0.1) is 11.6 Å². The Bertz CT molecular complexity index is 1070. The summed E-state index contributed by atoms with van der Waals surface area (Å²) in [4.78, 5) is 25.7. The molecule has 0 saturated carbocycles. The zero-order chi connectivity index (χ0) is 25.7. The lowest BCUT2D eigenvalue weighted by Crippen LogP contribution is -2.50. The molecular weight excluding hydrogens is 506 g/mol. The Balaban J connectivity index is 2.05. The van der Waals surface area contributed by atoms with E-state index in [9.17, 15) is 41.2 Å². The van der Waals surface area contributed by atoms with Gasteiger partial charge in [0.1, 0.15) is 6.61 Å². The maximum atomic E-state index is 12.7. The van der Waals surface area contributed by atoms with E-state index in [0.29, 0.717) is 0 Å². The Morgan fingerprint density at radius 1 is 0.882 bits per heavy atom. The van der Waals surface area contributed by atoms with E-state index in [0.717, 1.165) is 41.3 Å². The number of halogens is 6. The summed E-state index contributed by atoms with van der Waals surface area (Å²) in [5.41, 5.74) is -10.6. The first-order valence-electron chi connectivity index (χ1n) is 9.22. The molecule has 182 valence electrons. The van der Waals surface area contributed by atoms with E-state index in [2.05, 4.69) is 0 Å². The molecule has 0 bridgehead atoms. The Morgan fingerprint density at radius 3 is 1.68 bits per heavy atom. The van der Waals surface area contributed by atoms with Gasteiger partial charge in [-0.15, -0.1) is 0 Å². The van der Waals surface area contributed by atoms with Crippen LogP contribution >= 0.6 is 23.5 Å². The Morgan fingerprint density at radius 2 is 1.29 bits per heavy atom. The number of esters is 1. The van der Waals surface area contributed by atoms with Gasteiger partial charge in [0.15, 0.2) is 5.54 Å². The van der Waals surface area contributed by atoms with Crippen molar-refractivity contribution in [2.45, 2.75) is 33.3 Å². The molecule has 1 atom stereocenters. The summed E-state index contributed by atoms with van der Waals surface area (Å²) < 4.78 is 79.7. The van der Waals surface area contributed by atoms with E-state index in [-0.39, 0.29) is 44.4 Å². The molecule has 34 heavy (non-hydrogen) atoms. The number of likely N-dealkylation sites (N-methyl/N-ethyl adjacent to an activating group) is 1. The Hall–Kier alpha value is -2.85. The molecule has 13 heteroatoms. The zero-order valence-electron chi connectivity index (χ0n) is 17.5. The molecule has 1 amide bonds. The second-order valence-electron chi connectivity index (χ2n) is 6.97. The van der Waals surface area contributed by atoms with E-state index >= 15 is 0 Å². The lowest BCUT2D eigenvalue weighted by Gasteiger charge is -2.32. The number of nitriles is 1. The topological polar surface area (TPSA) is 70.4 Å². The van der Waals surface area contributed by atoms with Gasteiger partial charge in [0, 0.05) is 22.4 Å². The fourth-order valence-electron chi connectivity index (χ4n) is 2.50. The van der Waals surface area contributed by atoms with Gasteiger partial charge in [-0.05, 0) is 79.0 Å². The highest BCUT2D eigenvalue weighted by Crippen LogP contribution is 2.37. The molecule has 0 spiro atoms. The van der Waals surface area contributed by atoms with Gasteiger partial charge in [-0.3, -0.25) is 4.79 Å². The number of carbonyl (C=O) groups is 2. The number of rotatable bonds is 7. The van der Waals surface area contributed by atoms with E-state index in [1.807, 2.05) is 6.07 Å². The summed E-state index contributed by atoms with van der Waals surface area (Å²) in [5.74, 6) is -1.61. The average molecular weight is 522 g/mol. The van der Waals surface area contributed by atoms with Crippen LogP contribution in [0, 0.1) is 11.3 Å². The first-order valence-corrected chi connectivity index (χ1v) is 10.8. The van der Waals surface area contributed by atoms with Gasteiger partial charge in [-0.25, -0.2) is 4.79 Å². The third-order valence-corrected chi connectivity index (χ3v) is 5.91. The SMILES string of the molecule is CN(C(=O)c1ccc(SC(F)(F)F)cc1)C(C)(C#N)COC(=O)c1ccc(SC(F)(F)F)cc1. The van der Waals surface area contributed by atoms with Crippen LogP contribution in [0.5, 0.6) is 0 Å². The van der Waals surface area contributed by atoms with Crippen LogP contribution in [0.2, 0.25) is 0 Å². The minimum Gasteiger partial charge on any atom is -0.458 e. The molecule has 0 radical (unpaired) electrons. The summed E-state index contributed by atoms with van der Waals surface area (Å²) in [6.07, 6.45) is 0. The minimum atomic E-state index is -4.48. The molecule has 2 aromatic rings. The Labute approximate surface area is 199 Å². The van der Waals surface area contributed by atoms with Crippen LogP contribution in [-0.2, 0) is 4.74 Å². The normalized spacial score (nSPS) is 13.5. The second-order valence-corrected chi connectivity index (χ2v) is 9.25. The number of thioether (sulfide) groups is 2. The van der Waals surface area contributed by atoms with Crippen molar-refractivity contribution in [1.82, 2.24) is 4.90 Å². The van der Waals surface area contributed by atoms with Gasteiger partial charge in [0.25, 0.3) is 5.91 Å². The molecule has 0 aromatic heterocycles. The lowest BCUT2D eigenvalue weighted by atomic mass is 10.0. The smallest absolute Gasteiger partial charge is 0.446 e. The first-order chi connectivity index (χ1) is 15.6. The number of carbonyl (C=O) groups excluding carboxylic acids is 2. The highest BCUT2D eigenvalue weighted by molar-refractivity contribution is 8.00. The number of benzene rings is 2. The molecule has 0 aliphatic carbocycles. The number of ether oxygens (including phenoxy) is 1. The van der Waals surface area contributed by atoms with Crippen LogP contribution in [0.15, 0.2) is 58.3 Å². The molecule has 1 unspecified atom stereocenters. The van der Waals surface area contributed by atoms with E-state index in [1.54, 1.807) is 0 Å². The number of nitrogens with zero attached hydrogens (tertiary/aromatic N) is 2. The molecule has 2 aromatic carbocycles. The van der Waals surface area contributed by atoms with Crippen LogP contribution in [0.3, 0.4) is 0 Å². The van der Waals surface area contributed by atoms with Crippen molar-refractivity contribution in [3.8, 4) is 6.07 Å². The van der Waals surface area contributed by atoms with Gasteiger partial charge >= 0.3 is 17.0 Å². The molecule has 2 rings (SSSR count). The fraction of sp³-hybridized carbons (Fsp3) is 0.286. The number of hydrogen-bond donors (Lipinski definition) is 0. The molecule has 0 aliphatic heterocycles. The number of amides is 1. The van der Waals surface area contributed by atoms with Crippen LogP contribution < -0.4 is 0 Å². The zero-order valence-corrected chi connectivity index (χ0v) is 19.2. The predicted octanol–water partition coefficient (Wildman–Crippen LogP) is 6.12. The average Bonchev–Trinajstić information content (AvgIpc) is 2.75. The van der Waals surface area contributed by atoms with Crippen molar-refractivity contribution in [3.63, 3.8) is 0 Å². The maximum Gasteiger partial charge on any atom is 0.446 e. The first kappa shape index (κ1) is 27.4. The van der Waals surface area contributed by atoms with E-state index in [1.165, 1.54) is 26.1 Å². The van der Waals surface area contributed by atoms with Crippen LogP contribution in [-0.4, -0.2) is 47.0 Å². The largest absolute Gasteiger partial charge is 0.458 e. The maximum absolute atomic E-state index is 12.7.